The average molecular weight is 453 g/mol. The van der Waals surface area contributed by atoms with Crippen LogP contribution in [0.3, 0.4) is 0 Å². The number of amides is 2. The fourth-order valence-corrected chi connectivity index (χ4v) is 5.79. The van der Waals surface area contributed by atoms with Gasteiger partial charge < -0.3 is 9.80 Å². The summed E-state index contributed by atoms with van der Waals surface area (Å²) in [7, 11) is -2.91. The highest BCUT2D eigenvalue weighted by Gasteiger charge is 2.40. The van der Waals surface area contributed by atoms with Crippen molar-refractivity contribution < 1.29 is 18.0 Å². The zero-order valence-electron chi connectivity index (χ0n) is 18.0. The van der Waals surface area contributed by atoms with Gasteiger partial charge in [-0.3, -0.25) is 14.5 Å². The van der Waals surface area contributed by atoms with E-state index >= 15 is 0 Å². The van der Waals surface area contributed by atoms with E-state index in [1.54, 1.807) is 4.90 Å². The van der Waals surface area contributed by atoms with Crippen molar-refractivity contribution in [3.8, 4) is 11.1 Å². The Balaban J connectivity index is 1.42. The van der Waals surface area contributed by atoms with Crippen LogP contribution in [0.15, 0.2) is 42.5 Å². The van der Waals surface area contributed by atoms with Gasteiger partial charge in [0.05, 0.1) is 28.9 Å². The number of benzene rings is 2. The molecule has 0 N–H and O–H groups in total. The van der Waals surface area contributed by atoms with Crippen LogP contribution >= 0.6 is 0 Å². The maximum absolute atomic E-state index is 12.9. The second-order valence-electron chi connectivity index (χ2n) is 8.92. The van der Waals surface area contributed by atoms with Crippen molar-refractivity contribution >= 4 is 39.2 Å². The van der Waals surface area contributed by atoms with Crippen LogP contribution in [0.2, 0.25) is 0 Å². The number of rotatable bonds is 4. The van der Waals surface area contributed by atoms with Gasteiger partial charge in [-0.05, 0) is 55.2 Å². The predicted octanol–water partition coefficient (Wildman–Crippen LogP) is 2.61. The third-order valence-corrected chi connectivity index (χ3v) is 8.21. The summed E-state index contributed by atoms with van der Waals surface area (Å²) in [5, 5.41) is 0. The van der Waals surface area contributed by atoms with Crippen LogP contribution in [0.1, 0.15) is 19.8 Å². The van der Waals surface area contributed by atoms with E-state index in [9.17, 15) is 18.0 Å². The van der Waals surface area contributed by atoms with Crippen molar-refractivity contribution in [3.63, 3.8) is 0 Å². The summed E-state index contributed by atoms with van der Waals surface area (Å²) in [5.41, 5.74) is 4.41. The van der Waals surface area contributed by atoms with Crippen LogP contribution in [0.4, 0.5) is 17.1 Å². The Kier molecular flexibility index (Phi) is 5.20. The van der Waals surface area contributed by atoms with Gasteiger partial charge in [-0.2, -0.15) is 0 Å². The van der Waals surface area contributed by atoms with Gasteiger partial charge in [0, 0.05) is 31.2 Å². The molecule has 2 aliphatic heterocycles. The van der Waals surface area contributed by atoms with Crippen molar-refractivity contribution in [1.82, 2.24) is 0 Å². The van der Waals surface area contributed by atoms with Crippen LogP contribution in [0, 0.1) is 5.92 Å². The van der Waals surface area contributed by atoms with Gasteiger partial charge in [0.15, 0.2) is 9.84 Å². The first-order chi connectivity index (χ1) is 15.4. The van der Waals surface area contributed by atoms with E-state index in [4.69, 9.17) is 0 Å². The molecule has 5 rings (SSSR count). The third kappa shape index (κ3) is 3.88. The van der Waals surface area contributed by atoms with Crippen molar-refractivity contribution in [2.45, 2.75) is 25.8 Å². The van der Waals surface area contributed by atoms with Crippen molar-refractivity contribution in [1.29, 1.82) is 0 Å². The number of hydrogen-bond acceptors (Lipinski definition) is 5. The summed E-state index contributed by atoms with van der Waals surface area (Å²) in [6.45, 7) is 3.41. The van der Waals surface area contributed by atoms with Gasteiger partial charge in [-0.25, -0.2) is 8.42 Å². The van der Waals surface area contributed by atoms with E-state index in [0.717, 1.165) is 35.3 Å². The Labute approximate surface area is 188 Å². The summed E-state index contributed by atoms with van der Waals surface area (Å²) < 4.78 is 23.4. The number of nitrogens with zero attached hydrogens (tertiary/aromatic N) is 3. The highest BCUT2D eigenvalue weighted by atomic mass is 32.2. The molecule has 1 saturated carbocycles. The molecule has 0 spiro atoms. The minimum absolute atomic E-state index is 0.0875. The largest absolute Gasteiger partial charge is 0.369 e. The normalized spacial score (nSPS) is 22.4. The molecule has 1 atom stereocenters. The smallest absolute Gasteiger partial charge is 0.317 e. The minimum Gasteiger partial charge on any atom is -0.369 e. The fraction of sp³-hybridized carbons (Fsp3) is 0.417. The summed E-state index contributed by atoms with van der Waals surface area (Å²) in [6, 6.07) is 13.8. The lowest BCUT2D eigenvalue weighted by Crippen LogP contribution is -2.50. The molecule has 0 bridgehead atoms. The highest BCUT2D eigenvalue weighted by molar-refractivity contribution is 7.91. The molecule has 2 amide bonds. The molecule has 2 heterocycles. The zero-order valence-corrected chi connectivity index (χ0v) is 18.8. The standard InChI is InChI=1S/C24H26N3O4S/c1-17-15-26(16-28)23-14-20(6-9-22(23)27(17)24(29)19-2-3-19)18-4-7-21(8-5-18)25-10-12-32(30,31)13-11-25/h4-9,14,17,19H,2-3,10-13,15H2,1H3/t17-/m0/s1. The number of carbonyl (C=O) groups is 1. The highest BCUT2D eigenvalue weighted by Crippen LogP contribution is 2.41. The lowest BCUT2D eigenvalue weighted by molar-refractivity contribution is -0.120. The summed E-state index contributed by atoms with van der Waals surface area (Å²) in [5.74, 6) is 0.622. The lowest BCUT2D eigenvalue weighted by Gasteiger charge is -2.39. The second-order valence-corrected chi connectivity index (χ2v) is 11.2. The van der Waals surface area contributed by atoms with Gasteiger partial charge in [-0.1, -0.05) is 18.2 Å². The number of sulfone groups is 1. The topological polar surface area (TPSA) is 78.0 Å². The molecule has 167 valence electrons. The number of carbonyl (C=O) groups excluding carboxylic acids is 2. The first kappa shape index (κ1) is 21.0. The number of anilines is 3. The Bertz CT molecular complexity index is 1140. The molecule has 0 unspecified atom stereocenters. The maximum Gasteiger partial charge on any atom is 0.317 e. The predicted molar refractivity (Wildman–Crippen MR) is 125 cm³/mol. The van der Waals surface area contributed by atoms with Gasteiger partial charge in [0.25, 0.3) is 0 Å². The molecular weight excluding hydrogens is 426 g/mol. The Morgan fingerprint density at radius 1 is 0.969 bits per heavy atom. The Morgan fingerprint density at radius 2 is 1.62 bits per heavy atom. The molecule has 1 saturated heterocycles. The summed E-state index contributed by atoms with van der Waals surface area (Å²) in [4.78, 5) is 30.0. The van der Waals surface area contributed by atoms with E-state index in [1.807, 2.05) is 60.7 Å². The van der Waals surface area contributed by atoms with Crippen molar-refractivity contribution in [2.24, 2.45) is 5.92 Å². The van der Waals surface area contributed by atoms with E-state index in [2.05, 4.69) is 4.90 Å². The first-order valence-corrected chi connectivity index (χ1v) is 12.9. The fourth-order valence-electron chi connectivity index (χ4n) is 4.59. The molecule has 1 aliphatic carbocycles. The Morgan fingerprint density at radius 3 is 2.25 bits per heavy atom. The van der Waals surface area contributed by atoms with Gasteiger partial charge in [0.2, 0.25) is 5.91 Å². The van der Waals surface area contributed by atoms with Crippen LogP contribution in [-0.4, -0.2) is 57.9 Å². The molecule has 8 heteroatoms. The molecule has 7 nitrogen and oxygen atoms in total. The van der Waals surface area contributed by atoms with E-state index in [-0.39, 0.29) is 29.4 Å². The minimum atomic E-state index is -2.91. The van der Waals surface area contributed by atoms with E-state index < -0.39 is 9.84 Å². The van der Waals surface area contributed by atoms with E-state index in [1.165, 1.54) is 0 Å². The quantitative estimate of drug-likeness (QED) is 0.713. The van der Waals surface area contributed by atoms with Gasteiger partial charge >= 0.3 is 6.41 Å². The van der Waals surface area contributed by atoms with Crippen LogP contribution < -0.4 is 14.7 Å². The first-order valence-electron chi connectivity index (χ1n) is 11.0. The molecular formula is C24H26N3O4S. The molecule has 0 aromatic heterocycles. The lowest BCUT2D eigenvalue weighted by atomic mass is 10.00. The van der Waals surface area contributed by atoms with Crippen LogP contribution in [-0.2, 0) is 19.4 Å². The van der Waals surface area contributed by atoms with Crippen LogP contribution in [0.5, 0.6) is 0 Å². The molecule has 2 fully saturated rings. The molecule has 32 heavy (non-hydrogen) atoms. The summed E-state index contributed by atoms with van der Waals surface area (Å²) in [6.07, 6.45) is 3.90. The molecule has 3 aliphatic rings. The molecule has 2 aromatic rings. The molecule has 2 aromatic carbocycles. The Hall–Kier alpha value is -2.87. The molecule has 1 radical (unpaired) electrons. The van der Waals surface area contributed by atoms with Gasteiger partial charge in [0.1, 0.15) is 0 Å². The second kappa shape index (κ2) is 7.92. The maximum atomic E-state index is 12.9. The number of hydrogen-bond donors (Lipinski definition) is 0. The zero-order chi connectivity index (χ0) is 22.5. The number of fused-ring (bicyclic) bond motifs is 1. The third-order valence-electron chi connectivity index (χ3n) is 6.60. The van der Waals surface area contributed by atoms with Crippen LogP contribution in [0.25, 0.3) is 11.1 Å². The van der Waals surface area contributed by atoms with Gasteiger partial charge in [-0.15, -0.1) is 0 Å². The monoisotopic (exact) mass is 452 g/mol. The van der Waals surface area contributed by atoms with Crippen molar-refractivity contribution in [2.75, 3.05) is 45.8 Å². The van der Waals surface area contributed by atoms with E-state index in [0.29, 0.717) is 25.3 Å². The van der Waals surface area contributed by atoms with Crippen molar-refractivity contribution in [3.05, 3.63) is 42.5 Å². The SMILES string of the molecule is C[C@H]1CN([C]=O)c2cc(-c3ccc(N4CCS(=O)(=O)CC4)cc3)ccc2N1C(=O)C1CC1. The summed E-state index contributed by atoms with van der Waals surface area (Å²) >= 11 is 0. The average Bonchev–Trinajstić information content (AvgIpc) is 3.64.